The van der Waals surface area contributed by atoms with Crippen LogP contribution in [0.1, 0.15) is 73.4 Å². The molecule has 0 radical (unpaired) electrons. The van der Waals surface area contributed by atoms with E-state index in [1.54, 1.807) is 4.90 Å². The Kier molecular flexibility index (Phi) is 5.94. The number of nitrogens with zero attached hydrogens (tertiary/aromatic N) is 2. The highest BCUT2D eigenvalue weighted by molar-refractivity contribution is 6.23. The number of carbonyl (C=O) groups is 3. The minimum Gasteiger partial charge on any atom is -0.323 e. The zero-order valence-electron chi connectivity index (χ0n) is 18.5. The van der Waals surface area contributed by atoms with Crippen molar-refractivity contribution in [2.75, 3.05) is 4.90 Å². The molecule has 0 aromatic heterocycles. The summed E-state index contributed by atoms with van der Waals surface area (Å²) in [7, 11) is 0. The molecule has 1 saturated carbocycles. The minimum atomic E-state index is -0.743. The Morgan fingerprint density at radius 3 is 2.26 bits per heavy atom. The van der Waals surface area contributed by atoms with E-state index in [-0.39, 0.29) is 30.2 Å². The van der Waals surface area contributed by atoms with Gasteiger partial charge in [-0.05, 0) is 55.0 Å². The summed E-state index contributed by atoms with van der Waals surface area (Å²) < 4.78 is 0. The Labute approximate surface area is 184 Å². The lowest BCUT2D eigenvalue weighted by Crippen LogP contribution is -2.50. The summed E-state index contributed by atoms with van der Waals surface area (Å²) in [6, 6.07) is 14.3. The Morgan fingerprint density at radius 1 is 1.00 bits per heavy atom. The summed E-state index contributed by atoms with van der Waals surface area (Å²) in [5.74, 6) is -0.312. The number of hydrogen-bond acceptors (Lipinski definition) is 3. The standard InChI is InChI=1S/C26H30N2O3/c1-17(2)19-12-14-21(15-13-19)28-24(29)16-23(26(28)31)27(20-9-5-6-10-20)25(30)22-11-7-4-8-18(22)3/h4,7-8,11-15,17,20,23H,5-6,9-10,16H2,1-3H3. The van der Waals surface area contributed by atoms with E-state index < -0.39 is 6.04 Å². The molecule has 1 unspecified atom stereocenters. The van der Waals surface area contributed by atoms with Gasteiger partial charge in [0, 0.05) is 11.6 Å². The molecule has 5 heteroatoms. The first-order valence-corrected chi connectivity index (χ1v) is 11.2. The van der Waals surface area contributed by atoms with Crippen molar-refractivity contribution in [2.45, 2.75) is 70.9 Å². The molecule has 3 amide bonds. The van der Waals surface area contributed by atoms with Crippen LogP contribution in [0.3, 0.4) is 0 Å². The Balaban J connectivity index is 1.66. The SMILES string of the molecule is Cc1ccccc1C(=O)N(C1CCCC1)C1CC(=O)N(c2ccc(C(C)C)cc2)C1=O. The molecule has 1 saturated heterocycles. The first kappa shape index (κ1) is 21.3. The van der Waals surface area contributed by atoms with Gasteiger partial charge in [-0.25, -0.2) is 4.90 Å². The van der Waals surface area contributed by atoms with Crippen molar-refractivity contribution >= 4 is 23.4 Å². The lowest BCUT2D eigenvalue weighted by Gasteiger charge is -2.33. The van der Waals surface area contributed by atoms with Crippen molar-refractivity contribution in [1.82, 2.24) is 4.90 Å². The summed E-state index contributed by atoms with van der Waals surface area (Å²) >= 11 is 0. The van der Waals surface area contributed by atoms with Crippen molar-refractivity contribution < 1.29 is 14.4 Å². The molecule has 31 heavy (non-hydrogen) atoms. The quantitative estimate of drug-likeness (QED) is 0.653. The van der Waals surface area contributed by atoms with Gasteiger partial charge in [0.2, 0.25) is 5.91 Å². The fourth-order valence-electron chi connectivity index (χ4n) is 4.81. The monoisotopic (exact) mass is 418 g/mol. The molecule has 1 heterocycles. The van der Waals surface area contributed by atoms with Crippen LogP contribution < -0.4 is 4.90 Å². The third-order valence-corrected chi connectivity index (χ3v) is 6.60. The van der Waals surface area contributed by atoms with Crippen LogP contribution in [-0.2, 0) is 9.59 Å². The van der Waals surface area contributed by atoms with E-state index in [4.69, 9.17) is 0 Å². The summed E-state index contributed by atoms with van der Waals surface area (Å²) in [4.78, 5) is 43.0. The van der Waals surface area contributed by atoms with Gasteiger partial charge in [0.25, 0.3) is 11.8 Å². The van der Waals surface area contributed by atoms with Crippen molar-refractivity contribution in [3.8, 4) is 0 Å². The predicted molar refractivity (Wildman–Crippen MR) is 121 cm³/mol. The molecule has 1 atom stereocenters. The van der Waals surface area contributed by atoms with Crippen molar-refractivity contribution in [2.24, 2.45) is 0 Å². The van der Waals surface area contributed by atoms with Gasteiger partial charge in [-0.2, -0.15) is 0 Å². The number of carbonyl (C=O) groups excluding carboxylic acids is 3. The van der Waals surface area contributed by atoms with Gasteiger partial charge in [-0.3, -0.25) is 14.4 Å². The summed E-state index contributed by atoms with van der Waals surface area (Å²) in [6.07, 6.45) is 3.87. The minimum absolute atomic E-state index is 0.00266. The smallest absolute Gasteiger partial charge is 0.257 e. The molecule has 162 valence electrons. The summed E-state index contributed by atoms with van der Waals surface area (Å²) in [5, 5.41) is 0. The number of anilines is 1. The van der Waals surface area contributed by atoms with Crippen molar-refractivity contribution in [3.05, 3.63) is 65.2 Å². The fraction of sp³-hybridized carbons (Fsp3) is 0.423. The number of amides is 3. The molecule has 2 aliphatic rings. The summed E-state index contributed by atoms with van der Waals surface area (Å²) in [6.45, 7) is 6.12. The van der Waals surface area contributed by atoms with Crippen molar-refractivity contribution in [1.29, 1.82) is 0 Å². The van der Waals surface area contributed by atoms with E-state index >= 15 is 0 Å². The third kappa shape index (κ3) is 4.01. The number of imide groups is 1. The van der Waals surface area contributed by atoms with Crippen molar-refractivity contribution in [3.63, 3.8) is 0 Å². The largest absolute Gasteiger partial charge is 0.323 e. The van der Waals surface area contributed by atoms with E-state index in [2.05, 4.69) is 13.8 Å². The number of benzene rings is 2. The van der Waals surface area contributed by atoms with Crippen LogP contribution in [0, 0.1) is 6.92 Å². The molecular weight excluding hydrogens is 388 g/mol. The Bertz CT molecular complexity index is 990. The van der Waals surface area contributed by atoms with E-state index in [1.807, 2.05) is 55.5 Å². The van der Waals surface area contributed by atoms with Crippen LogP contribution >= 0.6 is 0 Å². The second-order valence-corrected chi connectivity index (χ2v) is 9.00. The average Bonchev–Trinajstić information content (AvgIpc) is 3.37. The van der Waals surface area contributed by atoms with Gasteiger partial charge >= 0.3 is 0 Å². The zero-order valence-corrected chi connectivity index (χ0v) is 18.5. The third-order valence-electron chi connectivity index (χ3n) is 6.60. The summed E-state index contributed by atoms with van der Waals surface area (Å²) in [5.41, 5.74) is 3.22. The lowest BCUT2D eigenvalue weighted by atomic mass is 10.0. The van der Waals surface area contributed by atoms with Gasteiger partial charge in [-0.1, -0.05) is 57.0 Å². The fourth-order valence-corrected chi connectivity index (χ4v) is 4.81. The van der Waals surface area contributed by atoms with Gasteiger partial charge in [-0.15, -0.1) is 0 Å². The van der Waals surface area contributed by atoms with Crippen LogP contribution in [0.5, 0.6) is 0 Å². The highest BCUT2D eigenvalue weighted by Gasteiger charge is 2.47. The molecular formula is C26H30N2O3. The molecule has 5 nitrogen and oxygen atoms in total. The molecule has 2 fully saturated rings. The van der Waals surface area contributed by atoms with E-state index in [0.29, 0.717) is 17.2 Å². The molecule has 0 N–H and O–H groups in total. The van der Waals surface area contributed by atoms with Crippen LogP contribution in [0.4, 0.5) is 5.69 Å². The number of aryl methyl sites for hydroxylation is 1. The topological polar surface area (TPSA) is 57.7 Å². The molecule has 0 spiro atoms. The van der Waals surface area contributed by atoms with E-state index in [0.717, 1.165) is 36.8 Å². The second-order valence-electron chi connectivity index (χ2n) is 9.00. The average molecular weight is 419 g/mol. The normalized spacial score (nSPS) is 19.5. The number of hydrogen-bond donors (Lipinski definition) is 0. The molecule has 0 bridgehead atoms. The molecule has 1 aliphatic heterocycles. The van der Waals surface area contributed by atoms with Gasteiger partial charge in [0.15, 0.2) is 0 Å². The highest BCUT2D eigenvalue weighted by Crippen LogP contribution is 2.33. The van der Waals surface area contributed by atoms with Crippen LogP contribution in [0.15, 0.2) is 48.5 Å². The maximum atomic E-state index is 13.6. The van der Waals surface area contributed by atoms with Crippen LogP contribution in [0.25, 0.3) is 0 Å². The first-order chi connectivity index (χ1) is 14.9. The molecule has 2 aromatic rings. The first-order valence-electron chi connectivity index (χ1n) is 11.2. The van der Waals surface area contributed by atoms with Gasteiger partial charge in [0.1, 0.15) is 6.04 Å². The van der Waals surface area contributed by atoms with Gasteiger partial charge < -0.3 is 4.90 Å². The molecule has 4 rings (SSSR count). The number of rotatable bonds is 5. The molecule has 2 aromatic carbocycles. The van der Waals surface area contributed by atoms with E-state index in [1.165, 1.54) is 4.90 Å². The Morgan fingerprint density at radius 2 is 1.65 bits per heavy atom. The zero-order chi connectivity index (χ0) is 22.1. The maximum Gasteiger partial charge on any atom is 0.257 e. The van der Waals surface area contributed by atoms with Crippen LogP contribution in [0.2, 0.25) is 0 Å². The lowest BCUT2D eigenvalue weighted by molar-refractivity contribution is -0.123. The van der Waals surface area contributed by atoms with Gasteiger partial charge in [0.05, 0.1) is 12.1 Å². The van der Waals surface area contributed by atoms with E-state index in [9.17, 15) is 14.4 Å². The van der Waals surface area contributed by atoms with Crippen LogP contribution in [-0.4, -0.2) is 34.7 Å². The second kappa shape index (κ2) is 8.66. The molecule has 1 aliphatic carbocycles. The maximum absolute atomic E-state index is 13.6. The predicted octanol–water partition coefficient (Wildman–Crippen LogP) is 4.84. The Hall–Kier alpha value is -2.95. The highest BCUT2D eigenvalue weighted by atomic mass is 16.2.